The first-order chi connectivity index (χ1) is 6.56. The molecule has 0 saturated heterocycles. The molecule has 1 atom stereocenters. The number of halogens is 2. The number of hydrogen-bond acceptors (Lipinski definition) is 3. The van der Waals surface area contributed by atoms with E-state index in [0.29, 0.717) is 9.26 Å². The molecule has 1 aromatic heterocycles. The molecule has 0 aliphatic heterocycles. The van der Waals surface area contributed by atoms with E-state index < -0.39 is 6.10 Å². The SMILES string of the molecule is Cc1ncn(CC(O)CCl)c(=O)c1I. The molecule has 0 aliphatic rings. The summed E-state index contributed by atoms with van der Waals surface area (Å²) in [7, 11) is 0. The molecular formula is C8H10ClIN2O2. The molecule has 0 amide bonds. The van der Waals surface area contributed by atoms with Gasteiger partial charge in [0, 0.05) is 0 Å². The van der Waals surface area contributed by atoms with Crippen molar-refractivity contribution in [2.45, 2.75) is 19.6 Å². The number of alkyl halides is 1. The third-order valence-electron chi connectivity index (χ3n) is 1.74. The Kier molecular flexibility index (Phi) is 4.33. The predicted octanol–water partition coefficient (Wildman–Crippen LogP) is 0.756. The number of aliphatic hydroxyl groups is 1. The van der Waals surface area contributed by atoms with Crippen LogP contribution in [0.5, 0.6) is 0 Å². The van der Waals surface area contributed by atoms with Gasteiger partial charge in [0.1, 0.15) is 0 Å². The quantitative estimate of drug-likeness (QED) is 0.658. The van der Waals surface area contributed by atoms with Crippen LogP contribution in [0, 0.1) is 10.5 Å². The molecular weight excluding hydrogens is 318 g/mol. The van der Waals surface area contributed by atoms with E-state index in [1.807, 2.05) is 22.6 Å². The predicted molar refractivity (Wildman–Crippen MR) is 62.7 cm³/mol. The van der Waals surface area contributed by atoms with Crippen LogP contribution in [0.4, 0.5) is 0 Å². The summed E-state index contributed by atoms with van der Waals surface area (Å²) in [6.45, 7) is 1.96. The molecule has 0 saturated carbocycles. The number of aryl methyl sites for hydroxylation is 1. The van der Waals surface area contributed by atoms with E-state index in [9.17, 15) is 9.90 Å². The molecule has 6 heteroatoms. The minimum absolute atomic E-state index is 0.108. The Labute approximate surface area is 100 Å². The Hall–Kier alpha value is -0.140. The maximum Gasteiger partial charge on any atom is 0.267 e. The fraction of sp³-hybridized carbons (Fsp3) is 0.500. The van der Waals surface area contributed by atoms with Crippen LogP contribution in [0.2, 0.25) is 0 Å². The van der Waals surface area contributed by atoms with Crippen LogP contribution in [0.15, 0.2) is 11.1 Å². The summed E-state index contributed by atoms with van der Waals surface area (Å²) < 4.78 is 1.94. The summed E-state index contributed by atoms with van der Waals surface area (Å²) in [6.07, 6.45) is 0.713. The fourth-order valence-corrected chi connectivity index (χ4v) is 1.50. The Morgan fingerprint density at radius 1 is 1.79 bits per heavy atom. The van der Waals surface area contributed by atoms with Gasteiger partial charge in [0.25, 0.3) is 5.56 Å². The largest absolute Gasteiger partial charge is 0.390 e. The summed E-state index contributed by atoms with van der Waals surface area (Å²) in [5.74, 6) is 0.108. The van der Waals surface area contributed by atoms with Crippen LogP contribution in [0.25, 0.3) is 0 Å². The fourth-order valence-electron chi connectivity index (χ4n) is 0.952. The van der Waals surface area contributed by atoms with E-state index in [2.05, 4.69) is 4.98 Å². The summed E-state index contributed by atoms with van der Waals surface area (Å²) >= 11 is 7.38. The molecule has 0 spiro atoms. The molecule has 1 N–H and O–H groups in total. The first-order valence-corrected chi connectivity index (χ1v) is 5.63. The average Bonchev–Trinajstić information content (AvgIpc) is 2.19. The number of rotatable bonds is 3. The van der Waals surface area contributed by atoms with Crippen molar-refractivity contribution < 1.29 is 5.11 Å². The van der Waals surface area contributed by atoms with E-state index in [4.69, 9.17) is 11.6 Å². The van der Waals surface area contributed by atoms with Gasteiger partial charge in [0.2, 0.25) is 0 Å². The molecule has 1 unspecified atom stereocenters. The molecule has 0 fully saturated rings. The molecule has 1 heterocycles. The van der Waals surface area contributed by atoms with Gasteiger partial charge in [0.05, 0.1) is 34.1 Å². The lowest BCUT2D eigenvalue weighted by Gasteiger charge is -2.09. The molecule has 4 nitrogen and oxygen atoms in total. The van der Waals surface area contributed by atoms with Crippen LogP contribution >= 0.6 is 34.2 Å². The second-order valence-electron chi connectivity index (χ2n) is 2.91. The van der Waals surface area contributed by atoms with Crippen molar-refractivity contribution in [3.05, 3.63) is 25.9 Å². The third kappa shape index (κ3) is 2.68. The standard InChI is InChI=1S/C8H10ClIN2O2/c1-5-7(10)8(14)12(4-11-5)3-6(13)2-9/h4,6,13H,2-3H2,1H3. The Balaban J connectivity index is 3.00. The molecule has 1 aromatic rings. The van der Waals surface area contributed by atoms with E-state index in [1.165, 1.54) is 10.9 Å². The van der Waals surface area contributed by atoms with E-state index >= 15 is 0 Å². The van der Waals surface area contributed by atoms with Gasteiger partial charge in [-0.15, -0.1) is 11.6 Å². The van der Waals surface area contributed by atoms with Gasteiger partial charge < -0.3 is 5.11 Å². The van der Waals surface area contributed by atoms with Gasteiger partial charge in [0.15, 0.2) is 0 Å². The number of aromatic nitrogens is 2. The average molecular weight is 329 g/mol. The molecule has 14 heavy (non-hydrogen) atoms. The molecule has 0 aromatic carbocycles. The molecule has 78 valence electrons. The zero-order chi connectivity index (χ0) is 10.7. The molecule has 0 aliphatic carbocycles. The van der Waals surface area contributed by atoms with Crippen molar-refractivity contribution in [2.24, 2.45) is 0 Å². The normalized spacial score (nSPS) is 12.9. The van der Waals surface area contributed by atoms with E-state index in [1.54, 1.807) is 6.92 Å². The van der Waals surface area contributed by atoms with Crippen molar-refractivity contribution in [2.75, 3.05) is 5.88 Å². The van der Waals surface area contributed by atoms with Crippen LogP contribution in [0.3, 0.4) is 0 Å². The summed E-state index contributed by atoms with van der Waals surface area (Å²) in [6, 6.07) is 0. The number of hydrogen-bond donors (Lipinski definition) is 1. The first-order valence-electron chi connectivity index (χ1n) is 4.01. The van der Waals surface area contributed by atoms with Crippen molar-refractivity contribution in [3.8, 4) is 0 Å². The van der Waals surface area contributed by atoms with Crippen molar-refractivity contribution in [3.63, 3.8) is 0 Å². The lowest BCUT2D eigenvalue weighted by molar-refractivity contribution is 0.174. The smallest absolute Gasteiger partial charge is 0.267 e. The molecule has 1 rings (SSSR count). The highest BCUT2D eigenvalue weighted by atomic mass is 127. The number of aliphatic hydroxyl groups excluding tert-OH is 1. The summed E-state index contributed by atoms with van der Waals surface area (Å²) in [5, 5.41) is 9.27. The van der Waals surface area contributed by atoms with Crippen LogP contribution in [-0.2, 0) is 6.54 Å². The van der Waals surface area contributed by atoms with Crippen molar-refractivity contribution in [1.29, 1.82) is 0 Å². The highest BCUT2D eigenvalue weighted by Gasteiger charge is 2.08. The lowest BCUT2D eigenvalue weighted by atomic mass is 10.4. The van der Waals surface area contributed by atoms with Gasteiger partial charge in [-0.05, 0) is 29.5 Å². The third-order valence-corrected chi connectivity index (χ3v) is 3.34. The van der Waals surface area contributed by atoms with Crippen molar-refractivity contribution in [1.82, 2.24) is 9.55 Å². The second-order valence-corrected chi connectivity index (χ2v) is 4.30. The van der Waals surface area contributed by atoms with E-state index in [0.717, 1.165) is 0 Å². The molecule has 0 bridgehead atoms. The van der Waals surface area contributed by atoms with Gasteiger partial charge in [-0.1, -0.05) is 0 Å². The minimum atomic E-state index is -0.713. The van der Waals surface area contributed by atoms with Crippen LogP contribution < -0.4 is 5.56 Å². The van der Waals surface area contributed by atoms with Gasteiger partial charge in [-0.25, -0.2) is 4.98 Å². The summed E-state index contributed by atoms with van der Waals surface area (Å²) in [5.41, 5.74) is 0.564. The lowest BCUT2D eigenvalue weighted by Crippen LogP contribution is -2.29. The zero-order valence-electron chi connectivity index (χ0n) is 7.57. The van der Waals surface area contributed by atoms with Gasteiger partial charge in [-0.2, -0.15) is 0 Å². The van der Waals surface area contributed by atoms with Crippen molar-refractivity contribution >= 4 is 34.2 Å². The topological polar surface area (TPSA) is 55.1 Å². The van der Waals surface area contributed by atoms with Crippen LogP contribution in [-0.4, -0.2) is 26.6 Å². The Bertz CT molecular complexity index is 380. The maximum absolute atomic E-state index is 11.6. The summed E-state index contributed by atoms with van der Waals surface area (Å²) in [4.78, 5) is 15.6. The Morgan fingerprint density at radius 2 is 2.43 bits per heavy atom. The zero-order valence-corrected chi connectivity index (χ0v) is 10.5. The highest BCUT2D eigenvalue weighted by molar-refractivity contribution is 14.1. The van der Waals surface area contributed by atoms with Gasteiger partial charge in [-0.3, -0.25) is 9.36 Å². The van der Waals surface area contributed by atoms with E-state index in [-0.39, 0.29) is 18.0 Å². The second kappa shape index (κ2) is 5.09. The first kappa shape index (κ1) is 11.9. The Morgan fingerprint density at radius 3 is 3.00 bits per heavy atom. The van der Waals surface area contributed by atoms with Crippen LogP contribution in [0.1, 0.15) is 5.69 Å². The van der Waals surface area contributed by atoms with Gasteiger partial charge >= 0.3 is 0 Å². The monoisotopic (exact) mass is 328 g/mol. The number of nitrogens with zero attached hydrogens (tertiary/aromatic N) is 2. The molecule has 0 radical (unpaired) electrons. The maximum atomic E-state index is 11.6. The highest BCUT2D eigenvalue weighted by Crippen LogP contribution is 2.02. The minimum Gasteiger partial charge on any atom is -0.390 e.